The zero-order valence-corrected chi connectivity index (χ0v) is 8.67. The third-order valence-corrected chi connectivity index (χ3v) is 2.45. The van der Waals surface area contributed by atoms with Crippen LogP contribution in [0.25, 0.3) is 0 Å². The topological polar surface area (TPSA) is 47.3 Å². The zero-order chi connectivity index (χ0) is 9.97. The first-order chi connectivity index (χ1) is 6.81. The second-order valence-electron chi connectivity index (χ2n) is 3.47. The number of hydrogen-bond acceptors (Lipinski definition) is 4. The van der Waals surface area contributed by atoms with Crippen molar-refractivity contribution < 1.29 is 9.15 Å². The molecule has 1 aliphatic rings. The predicted octanol–water partition coefficient (Wildman–Crippen LogP) is 1.21. The Labute approximate surface area is 83.7 Å². The van der Waals surface area contributed by atoms with Gasteiger partial charge in [-0.15, -0.1) is 0 Å². The smallest absolute Gasteiger partial charge is 0.225 e. The zero-order valence-electron chi connectivity index (χ0n) is 8.67. The quantitative estimate of drug-likeness (QED) is 0.772. The van der Waals surface area contributed by atoms with Gasteiger partial charge in [-0.2, -0.15) is 0 Å². The highest BCUT2D eigenvalue weighted by molar-refractivity contribution is 5.09. The molecular formula is C10H16N2O2. The third-order valence-electron chi connectivity index (χ3n) is 2.45. The predicted molar refractivity (Wildman–Crippen MR) is 52.2 cm³/mol. The molecule has 1 fully saturated rings. The maximum absolute atomic E-state index is 5.57. The number of rotatable bonds is 2. The van der Waals surface area contributed by atoms with E-state index in [1.165, 1.54) is 0 Å². The van der Waals surface area contributed by atoms with Gasteiger partial charge in [0.1, 0.15) is 11.9 Å². The summed E-state index contributed by atoms with van der Waals surface area (Å²) in [6.07, 6.45) is 0.901. The highest BCUT2D eigenvalue weighted by atomic mass is 16.5. The number of morpholine rings is 1. The standard InChI is InChI=1S/C10H16N2O2/c1-3-8-7(2)14-10(12-8)9-6-11-4-5-13-9/h9,11H,3-6H2,1-2H3. The molecule has 1 unspecified atom stereocenters. The van der Waals surface area contributed by atoms with E-state index in [1.54, 1.807) is 0 Å². The van der Waals surface area contributed by atoms with Gasteiger partial charge in [0.05, 0.1) is 12.3 Å². The van der Waals surface area contributed by atoms with Gasteiger partial charge >= 0.3 is 0 Å². The number of aromatic nitrogens is 1. The van der Waals surface area contributed by atoms with Crippen molar-refractivity contribution in [2.24, 2.45) is 0 Å². The number of aryl methyl sites for hydroxylation is 2. The van der Waals surface area contributed by atoms with Gasteiger partial charge in [0.25, 0.3) is 0 Å². The van der Waals surface area contributed by atoms with Crippen LogP contribution in [0.2, 0.25) is 0 Å². The minimum Gasteiger partial charge on any atom is -0.443 e. The Balaban J connectivity index is 2.14. The highest BCUT2D eigenvalue weighted by Gasteiger charge is 2.21. The molecule has 4 heteroatoms. The highest BCUT2D eigenvalue weighted by Crippen LogP contribution is 2.20. The molecule has 2 heterocycles. The van der Waals surface area contributed by atoms with Crippen LogP contribution < -0.4 is 5.32 Å². The Morgan fingerprint density at radius 2 is 2.43 bits per heavy atom. The van der Waals surface area contributed by atoms with Crippen molar-refractivity contribution in [1.29, 1.82) is 0 Å². The fraction of sp³-hybridized carbons (Fsp3) is 0.700. The SMILES string of the molecule is CCc1nc(C2CNCCO2)oc1C. The molecule has 0 radical (unpaired) electrons. The molecule has 4 nitrogen and oxygen atoms in total. The van der Waals surface area contributed by atoms with Crippen molar-refractivity contribution in [1.82, 2.24) is 10.3 Å². The summed E-state index contributed by atoms with van der Waals surface area (Å²) in [5.74, 6) is 1.63. The van der Waals surface area contributed by atoms with Crippen LogP contribution in [0, 0.1) is 6.92 Å². The number of ether oxygens (including phenoxy) is 1. The fourth-order valence-corrected chi connectivity index (χ4v) is 1.64. The van der Waals surface area contributed by atoms with Gasteiger partial charge in [0.2, 0.25) is 5.89 Å². The van der Waals surface area contributed by atoms with Gasteiger partial charge in [-0.3, -0.25) is 0 Å². The molecule has 1 aromatic rings. The van der Waals surface area contributed by atoms with Crippen molar-refractivity contribution >= 4 is 0 Å². The summed E-state index contributed by atoms with van der Waals surface area (Å²) in [7, 11) is 0. The van der Waals surface area contributed by atoms with Crippen molar-refractivity contribution in [3.8, 4) is 0 Å². The van der Waals surface area contributed by atoms with Crippen LogP contribution >= 0.6 is 0 Å². The molecule has 1 aromatic heterocycles. The van der Waals surface area contributed by atoms with E-state index in [0.717, 1.165) is 37.6 Å². The monoisotopic (exact) mass is 196 g/mol. The van der Waals surface area contributed by atoms with Crippen LogP contribution in [0.4, 0.5) is 0 Å². The minimum atomic E-state index is -0.0113. The molecule has 14 heavy (non-hydrogen) atoms. The largest absolute Gasteiger partial charge is 0.443 e. The summed E-state index contributed by atoms with van der Waals surface area (Å²) in [6.45, 7) is 6.47. The Morgan fingerprint density at radius 3 is 3.00 bits per heavy atom. The van der Waals surface area contributed by atoms with Gasteiger partial charge in [-0.1, -0.05) is 6.92 Å². The third kappa shape index (κ3) is 1.81. The van der Waals surface area contributed by atoms with E-state index in [1.807, 2.05) is 6.92 Å². The van der Waals surface area contributed by atoms with Crippen LogP contribution in [-0.4, -0.2) is 24.7 Å². The Bertz CT molecular complexity index is 303. The molecule has 1 aliphatic heterocycles. The van der Waals surface area contributed by atoms with Gasteiger partial charge in [0, 0.05) is 13.1 Å². The van der Waals surface area contributed by atoms with E-state index < -0.39 is 0 Å². The Kier molecular flexibility index (Phi) is 2.84. The van der Waals surface area contributed by atoms with Crippen LogP contribution in [0.5, 0.6) is 0 Å². The van der Waals surface area contributed by atoms with Crippen molar-refractivity contribution in [2.75, 3.05) is 19.7 Å². The van der Waals surface area contributed by atoms with Gasteiger partial charge in [0.15, 0.2) is 0 Å². The average Bonchev–Trinajstić information content (AvgIpc) is 2.61. The molecular weight excluding hydrogens is 180 g/mol. The summed E-state index contributed by atoms with van der Waals surface area (Å²) in [5, 5.41) is 3.26. The van der Waals surface area contributed by atoms with E-state index >= 15 is 0 Å². The maximum Gasteiger partial charge on any atom is 0.225 e. The lowest BCUT2D eigenvalue weighted by atomic mass is 10.3. The molecule has 0 aliphatic carbocycles. The fourth-order valence-electron chi connectivity index (χ4n) is 1.64. The lowest BCUT2D eigenvalue weighted by Gasteiger charge is -2.20. The molecule has 0 bridgehead atoms. The molecule has 78 valence electrons. The van der Waals surface area contributed by atoms with Crippen LogP contribution in [0.15, 0.2) is 4.42 Å². The first-order valence-electron chi connectivity index (χ1n) is 5.09. The first kappa shape index (κ1) is 9.68. The maximum atomic E-state index is 5.57. The summed E-state index contributed by atoms with van der Waals surface area (Å²) < 4.78 is 11.1. The molecule has 1 N–H and O–H groups in total. The van der Waals surface area contributed by atoms with Crippen molar-refractivity contribution in [3.05, 3.63) is 17.3 Å². The van der Waals surface area contributed by atoms with E-state index in [0.29, 0.717) is 5.89 Å². The number of nitrogens with zero attached hydrogens (tertiary/aromatic N) is 1. The normalized spacial score (nSPS) is 22.6. The molecule has 0 saturated carbocycles. The van der Waals surface area contributed by atoms with Crippen molar-refractivity contribution in [3.63, 3.8) is 0 Å². The van der Waals surface area contributed by atoms with E-state index in [4.69, 9.17) is 9.15 Å². The second kappa shape index (κ2) is 4.11. The van der Waals surface area contributed by atoms with Crippen LogP contribution in [0.1, 0.15) is 30.4 Å². The molecule has 0 aromatic carbocycles. The van der Waals surface area contributed by atoms with E-state index in [-0.39, 0.29) is 6.10 Å². The lowest BCUT2D eigenvalue weighted by Crippen LogP contribution is -2.33. The van der Waals surface area contributed by atoms with E-state index in [2.05, 4.69) is 17.2 Å². The van der Waals surface area contributed by atoms with Crippen LogP contribution in [0.3, 0.4) is 0 Å². The summed E-state index contributed by atoms with van der Waals surface area (Å²) in [4.78, 5) is 4.42. The Morgan fingerprint density at radius 1 is 1.57 bits per heavy atom. The molecule has 1 saturated heterocycles. The number of oxazole rings is 1. The number of hydrogen-bond donors (Lipinski definition) is 1. The minimum absolute atomic E-state index is 0.0113. The lowest BCUT2D eigenvalue weighted by molar-refractivity contribution is 0.0104. The van der Waals surface area contributed by atoms with E-state index in [9.17, 15) is 0 Å². The van der Waals surface area contributed by atoms with Crippen molar-refractivity contribution in [2.45, 2.75) is 26.4 Å². The van der Waals surface area contributed by atoms with Gasteiger partial charge in [-0.05, 0) is 13.3 Å². The molecule has 0 spiro atoms. The summed E-state index contributed by atoms with van der Waals surface area (Å²) >= 11 is 0. The second-order valence-corrected chi connectivity index (χ2v) is 3.47. The average molecular weight is 196 g/mol. The van der Waals surface area contributed by atoms with Crippen LogP contribution in [-0.2, 0) is 11.2 Å². The summed E-state index contributed by atoms with van der Waals surface area (Å²) in [6, 6.07) is 0. The van der Waals surface area contributed by atoms with Gasteiger partial charge < -0.3 is 14.5 Å². The van der Waals surface area contributed by atoms with Gasteiger partial charge in [-0.25, -0.2) is 4.98 Å². The first-order valence-corrected chi connectivity index (χ1v) is 5.09. The molecule has 0 amide bonds. The Hall–Kier alpha value is -0.870. The summed E-state index contributed by atoms with van der Waals surface area (Å²) in [5.41, 5.74) is 1.04. The molecule has 1 atom stereocenters. The molecule has 2 rings (SSSR count). The number of nitrogens with one attached hydrogen (secondary N) is 1.